The molecule has 1 atom stereocenters. The molecule has 2 rings (SSSR count). The molecule has 1 unspecified atom stereocenters. The predicted octanol–water partition coefficient (Wildman–Crippen LogP) is 1.52. The van der Waals surface area contributed by atoms with E-state index < -0.39 is 0 Å². The first-order valence-electron chi connectivity index (χ1n) is 4.47. The van der Waals surface area contributed by atoms with Crippen LogP contribution in [0.4, 0.5) is 0 Å². The van der Waals surface area contributed by atoms with E-state index in [1.165, 1.54) is 0 Å². The summed E-state index contributed by atoms with van der Waals surface area (Å²) in [5.41, 5.74) is 1.44. The van der Waals surface area contributed by atoms with Crippen LogP contribution in [0, 0.1) is 11.3 Å². The number of aromatic amines is 1. The van der Waals surface area contributed by atoms with Gasteiger partial charge in [-0.15, -0.1) is 0 Å². The minimum Gasteiger partial charge on any atom is -0.372 e. The summed E-state index contributed by atoms with van der Waals surface area (Å²) >= 11 is 0. The average molecular weight is 177 g/mol. The zero-order valence-corrected chi connectivity index (χ0v) is 7.29. The van der Waals surface area contributed by atoms with Crippen molar-refractivity contribution in [2.24, 2.45) is 0 Å². The highest BCUT2D eigenvalue weighted by Crippen LogP contribution is 2.27. The third kappa shape index (κ3) is 1.56. The Kier molecular flexibility index (Phi) is 2.28. The molecule has 2 heterocycles. The molecule has 4 nitrogen and oxygen atoms in total. The highest BCUT2D eigenvalue weighted by Gasteiger charge is 2.20. The number of H-pyrrole nitrogens is 1. The predicted molar refractivity (Wildman–Crippen MR) is 45.8 cm³/mol. The Morgan fingerprint density at radius 3 is 3.23 bits per heavy atom. The fourth-order valence-corrected chi connectivity index (χ4v) is 1.60. The molecule has 1 N–H and O–H groups in total. The standard InChI is InChI=1S/C9H11N3O/c10-5-7-6-11-12-9(7)8-3-1-2-4-13-8/h6,8H,1-4H2,(H,11,12). The van der Waals surface area contributed by atoms with Crippen LogP contribution >= 0.6 is 0 Å². The van der Waals surface area contributed by atoms with Crippen molar-refractivity contribution in [2.45, 2.75) is 25.4 Å². The Labute approximate surface area is 76.5 Å². The van der Waals surface area contributed by atoms with Gasteiger partial charge in [0.1, 0.15) is 12.2 Å². The quantitative estimate of drug-likeness (QED) is 0.707. The maximum absolute atomic E-state index is 8.77. The number of aromatic nitrogens is 2. The van der Waals surface area contributed by atoms with Gasteiger partial charge >= 0.3 is 0 Å². The average Bonchev–Trinajstić information content (AvgIpc) is 2.67. The SMILES string of the molecule is N#Cc1cn[nH]c1C1CCCCO1. The van der Waals surface area contributed by atoms with E-state index in [4.69, 9.17) is 10.00 Å². The molecule has 0 bridgehead atoms. The molecule has 1 fully saturated rings. The van der Waals surface area contributed by atoms with Gasteiger partial charge in [-0.2, -0.15) is 10.4 Å². The first-order valence-corrected chi connectivity index (χ1v) is 4.47. The molecule has 1 saturated heterocycles. The van der Waals surface area contributed by atoms with E-state index >= 15 is 0 Å². The van der Waals surface area contributed by atoms with Crippen molar-refractivity contribution in [3.8, 4) is 6.07 Å². The zero-order valence-electron chi connectivity index (χ0n) is 7.29. The van der Waals surface area contributed by atoms with Gasteiger partial charge < -0.3 is 4.74 Å². The molecule has 0 radical (unpaired) electrons. The smallest absolute Gasteiger partial charge is 0.103 e. The molecule has 0 spiro atoms. The molecule has 0 saturated carbocycles. The summed E-state index contributed by atoms with van der Waals surface area (Å²) < 4.78 is 5.54. The van der Waals surface area contributed by atoms with Gasteiger partial charge in [-0.1, -0.05) is 0 Å². The van der Waals surface area contributed by atoms with Crippen molar-refractivity contribution in [1.82, 2.24) is 10.2 Å². The third-order valence-corrected chi connectivity index (χ3v) is 2.29. The lowest BCUT2D eigenvalue weighted by Crippen LogP contribution is -2.12. The number of nitrogens with zero attached hydrogens (tertiary/aromatic N) is 2. The maximum Gasteiger partial charge on any atom is 0.103 e. The fraction of sp³-hybridized carbons (Fsp3) is 0.556. The van der Waals surface area contributed by atoms with Crippen LogP contribution in [0.1, 0.15) is 36.6 Å². The van der Waals surface area contributed by atoms with Gasteiger partial charge in [0.25, 0.3) is 0 Å². The summed E-state index contributed by atoms with van der Waals surface area (Å²) in [5.74, 6) is 0. The second-order valence-corrected chi connectivity index (χ2v) is 3.16. The van der Waals surface area contributed by atoms with E-state index in [0.717, 1.165) is 31.6 Å². The molecule has 0 aliphatic carbocycles. The topological polar surface area (TPSA) is 61.7 Å². The summed E-state index contributed by atoms with van der Waals surface area (Å²) in [4.78, 5) is 0. The number of nitrogens with one attached hydrogen (secondary N) is 1. The zero-order chi connectivity index (χ0) is 9.10. The molecule has 1 aliphatic heterocycles. The molecule has 13 heavy (non-hydrogen) atoms. The van der Waals surface area contributed by atoms with Crippen LogP contribution in [0.25, 0.3) is 0 Å². The van der Waals surface area contributed by atoms with Crippen molar-refractivity contribution in [3.05, 3.63) is 17.5 Å². The van der Waals surface area contributed by atoms with Gasteiger partial charge in [0, 0.05) is 6.61 Å². The second kappa shape index (κ2) is 3.58. The summed E-state index contributed by atoms with van der Waals surface area (Å²) in [6.07, 6.45) is 4.86. The Morgan fingerprint density at radius 2 is 2.54 bits per heavy atom. The third-order valence-electron chi connectivity index (χ3n) is 2.29. The van der Waals surface area contributed by atoms with Gasteiger partial charge in [-0.05, 0) is 19.3 Å². The van der Waals surface area contributed by atoms with E-state index in [1.807, 2.05) is 0 Å². The molecule has 1 aliphatic rings. The first kappa shape index (κ1) is 8.27. The number of rotatable bonds is 1. The lowest BCUT2D eigenvalue weighted by molar-refractivity contribution is 0.0121. The highest BCUT2D eigenvalue weighted by atomic mass is 16.5. The van der Waals surface area contributed by atoms with E-state index in [1.54, 1.807) is 6.20 Å². The van der Waals surface area contributed by atoms with Crippen molar-refractivity contribution in [1.29, 1.82) is 5.26 Å². The van der Waals surface area contributed by atoms with Crippen molar-refractivity contribution in [3.63, 3.8) is 0 Å². The van der Waals surface area contributed by atoms with Crippen LogP contribution in [0.3, 0.4) is 0 Å². The minimum absolute atomic E-state index is 0.0471. The van der Waals surface area contributed by atoms with Gasteiger partial charge in [0.2, 0.25) is 0 Å². The van der Waals surface area contributed by atoms with E-state index in [9.17, 15) is 0 Å². The lowest BCUT2D eigenvalue weighted by atomic mass is 10.0. The largest absolute Gasteiger partial charge is 0.372 e. The Morgan fingerprint density at radius 1 is 1.62 bits per heavy atom. The monoisotopic (exact) mass is 177 g/mol. The van der Waals surface area contributed by atoms with Gasteiger partial charge in [0.05, 0.1) is 17.5 Å². The Hall–Kier alpha value is -1.34. The molecular weight excluding hydrogens is 166 g/mol. The molecule has 4 heteroatoms. The molecule has 0 amide bonds. The first-order chi connectivity index (χ1) is 6.42. The molecule has 1 aromatic rings. The Balaban J connectivity index is 2.19. The van der Waals surface area contributed by atoms with Crippen LogP contribution < -0.4 is 0 Å². The number of ether oxygens (including phenoxy) is 1. The van der Waals surface area contributed by atoms with E-state index in [0.29, 0.717) is 5.56 Å². The van der Waals surface area contributed by atoms with Gasteiger partial charge in [0.15, 0.2) is 0 Å². The second-order valence-electron chi connectivity index (χ2n) is 3.16. The van der Waals surface area contributed by atoms with Crippen LogP contribution in [-0.2, 0) is 4.74 Å². The number of hydrogen-bond acceptors (Lipinski definition) is 3. The summed E-state index contributed by atoms with van der Waals surface area (Å²) in [7, 11) is 0. The fourth-order valence-electron chi connectivity index (χ4n) is 1.60. The summed E-state index contributed by atoms with van der Waals surface area (Å²) in [5, 5.41) is 15.4. The normalized spacial score (nSPS) is 22.5. The highest BCUT2D eigenvalue weighted by molar-refractivity contribution is 5.31. The molecule has 68 valence electrons. The van der Waals surface area contributed by atoms with Crippen molar-refractivity contribution >= 4 is 0 Å². The molecule has 0 aromatic carbocycles. The summed E-state index contributed by atoms with van der Waals surface area (Å²) in [6.45, 7) is 0.786. The van der Waals surface area contributed by atoms with Crippen LogP contribution in [-0.4, -0.2) is 16.8 Å². The van der Waals surface area contributed by atoms with Crippen LogP contribution in [0.2, 0.25) is 0 Å². The number of nitriles is 1. The van der Waals surface area contributed by atoms with Gasteiger partial charge in [-0.25, -0.2) is 0 Å². The summed E-state index contributed by atoms with van der Waals surface area (Å²) in [6, 6.07) is 2.10. The van der Waals surface area contributed by atoms with Crippen LogP contribution in [0.5, 0.6) is 0 Å². The van der Waals surface area contributed by atoms with Crippen molar-refractivity contribution in [2.75, 3.05) is 6.61 Å². The van der Waals surface area contributed by atoms with Gasteiger partial charge in [-0.3, -0.25) is 5.10 Å². The van der Waals surface area contributed by atoms with E-state index in [2.05, 4.69) is 16.3 Å². The number of hydrogen-bond donors (Lipinski definition) is 1. The molecule has 1 aromatic heterocycles. The minimum atomic E-state index is 0.0471. The van der Waals surface area contributed by atoms with E-state index in [-0.39, 0.29) is 6.10 Å². The Bertz CT molecular complexity index is 320. The molecular formula is C9H11N3O. The van der Waals surface area contributed by atoms with Crippen LogP contribution in [0.15, 0.2) is 6.20 Å². The maximum atomic E-state index is 8.77. The van der Waals surface area contributed by atoms with Crippen molar-refractivity contribution < 1.29 is 4.74 Å². The lowest BCUT2D eigenvalue weighted by Gasteiger charge is -2.21.